The van der Waals surface area contributed by atoms with E-state index in [1.54, 1.807) is 13.8 Å². The van der Waals surface area contributed by atoms with Crippen molar-refractivity contribution >= 4 is 21.6 Å². The highest BCUT2D eigenvalue weighted by Gasteiger charge is 2.33. The number of nitrogens with one attached hydrogen (secondary N) is 1. The third kappa shape index (κ3) is 5.09. The highest BCUT2D eigenvalue weighted by molar-refractivity contribution is 7.89. The summed E-state index contributed by atoms with van der Waals surface area (Å²) in [5, 5.41) is 6.60. The van der Waals surface area contributed by atoms with Crippen LogP contribution in [0.3, 0.4) is 0 Å². The first-order valence-corrected chi connectivity index (χ1v) is 11.3. The zero-order chi connectivity index (χ0) is 23.0. The maximum atomic E-state index is 13.1. The van der Waals surface area contributed by atoms with Gasteiger partial charge in [0.15, 0.2) is 0 Å². The molecule has 0 bridgehead atoms. The fraction of sp³-hybridized carbons (Fsp3) is 0.500. The molecule has 1 aliphatic heterocycles. The molecule has 1 aromatic carbocycles. The molecule has 1 fully saturated rings. The van der Waals surface area contributed by atoms with E-state index < -0.39 is 27.7 Å². The first kappa shape index (κ1) is 23.3. The molecule has 0 atom stereocenters. The predicted molar refractivity (Wildman–Crippen MR) is 109 cm³/mol. The van der Waals surface area contributed by atoms with Crippen molar-refractivity contribution < 1.29 is 26.4 Å². The van der Waals surface area contributed by atoms with Gasteiger partial charge in [-0.25, -0.2) is 8.42 Å². The second-order valence-electron chi connectivity index (χ2n) is 7.87. The molecular formula is C20H25F3N4O3S. The van der Waals surface area contributed by atoms with E-state index in [0.717, 1.165) is 25.0 Å². The molecule has 0 saturated carbocycles. The van der Waals surface area contributed by atoms with Gasteiger partial charge in [-0.3, -0.25) is 9.48 Å². The summed E-state index contributed by atoms with van der Waals surface area (Å²) in [4.78, 5) is 12.5. The minimum Gasteiger partial charge on any atom is -0.324 e. The van der Waals surface area contributed by atoms with Crippen molar-refractivity contribution in [3.8, 4) is 0 Å². The van der Waals surface area contributed by atoms with Gasteiger partial charge in [0.1, 0.15) is 11.4 Å². The quantitative estimate of drug-likeness (QED) is 0.742. The third-order valence-electron chi connectivity index (χ3n) is 5.42. The second-order valence-corrected chi connectivity index (χ2v) is 9.75. The van der Waals surface area contributed by atoms with E-state index in [1.807, 2.05) is 0 Å². The maximum Gasteiger partial charge on any atom is 0.416 e. The summed E-state index contributed by atoms with van der Waals surface area (Å²) in [6.07, 6.45) is -2.96. The van der Waals surface area contributed by atoms with Crippen LogP contribution in [-0.4, -0.2) is 41.5 Å². The Kier molecular flexibility index (Phi) is 6.47. The number of carbonyl (C=O) groups excluding carboxylic acids is 1. The molecule has 1 aliphatic rings. The minimum atomic E-state index is -4.52. The number of nitrogens with zero attached hydrogens (tertiary/aromatic N) is 3. The van der Waals surface area contributed by atoms with Gasteiger partial charge in [0.25, 0.3) is 0 Å². The smallest absolute Gasteiger partial charge is 0.324 e. The number of carbonyl (C=O) groups is 1. The fourth-order valence-electron chi connectivity index (χ4n) is 3.67. The molecule has 2 aromatic rings. The van der Waals surface area contributed by atoms with E-state index in [-0.39, 0.29) is 22.8 Å². The monoisotopic (exact) mass is 458 g/mol. The molecule has 0 spiro atoms. The Hall–Kier alpha value is -2.40. The average molecular weight is 459 g/mol. The van der Waals surface area contributed by atoms with Crippen molar-refractivity contribution in [1.29, 1.82) is 0 Å². The van der Waals surface area contributed by atoms with E-state index in [9.17, 15) is 26.4 Å². The third-order valence-corrected chi connectivity index (χ3v) is 7.57. The Morgan fingerprint density at radius 1 is 1.23 bits per heavy atom. The molecular weight excluding hydrogens is 433 g/mol. The Morgan fingerprint density at radius 3 is 2.48 bits per heavy atom. The van der Waals surface area contributed by atoms with Crippen molar-refractivity contribution in [3.05, 3.63) is 41.2 Å². The summed E-state index contributed by atoms with van der Waals surface area (Å²) in [6, 6.07) is 4.30. The highest BCUT2D eigenvalue weighted by atomic mass is 32.2. The minimum absolute atomic E-state index is 0.00311. The van der Waals surface area contributed by atoms with Gasteiger partial charge in [-0.2, -0.15) is 22.6 Å². The molecule has 0 radical (unpaired) electrons. The van der Waals surface area contributed by atoms with Crippen LogP contribution < -0.4 is 5.32 Å². The average Bonchev–Trinajstić information content (AvgIpc) is 2.95. The van der Waals surface area contributed by atoms with E-state index in [4.69, 9.17) is 0 Å². The number of hydrogen-bond acceptors (Lipinski definition) is 4. The number of anilines is 1. The van der Waals surface area contributed by atoms with Gasteiger partial charge in [0.05, 0.1) is 17.0 Å². The molecule has 3 rings (SSSR count). The molecule has 0 aliphatic carbocycles. The van der Waals surface area contributed by atoms with Crippen LogP contribution in [0, 0.1) is 19.8 Å². The van der Waals surface area contributed by atoms with Crippen LogP contribution >= 0.6 is 0 Å². The summed E-state index contributed by atoms with van der Waals surface area (Å²) in [5.41, 5.74) is -0.282. The first-order valence-electron chi connectivity index (χ1n) is 9.91. The van der Waals surface area contributed by atoms with E-state index in [2.05, 4.69) is 17.3 Å². The predicted octanol–water partition coefficient (Wildman–Crippen LogP) is 3.58. The van der Waals surface area contributed by atoms with Crippen LogP contribution in [0.5, 0.6) is 0 Å². The summed E-state index contributed by atoms with van der Waals surface area (Å²) in [5.74, 6) is -0.142. The van der Waals surface area contributed by atoms with E-state index in [1.165, 1.54) is 21.1 Å². The van der Waals surface area contributed by atoms with Crippen molar-refractivity contribution in [2.45, 2.75) is 51.2 Å². The molecule has 1 saturated heterocycles. The summed E-state index contributed by atoms with van der Waals surface area (Å²) in [6.45, 7) is 5.76. The van der Waals surface area contributed by atoms with Crippen molar-refractivity contribution in [2.24, 2.45) is 5.92 Å². The van der Waals surface area contributed by atoms with Crippen LogP contribution in [0.4, 0.5) is 18.9 Å². The number of halogens is 3. The summed E-state index contributed by atoms with van der Waals surface area (Å²) < 4.78 is 67.5. The van der Waals surface area contributed by atoms with E-state index >= 15 is 0 Å². The zero-order valence-corrected chi connectivity index (χ0v) is 18.3. The number of aromatic nitrogens is 2. The zero-order valence-electron chi connectivity index (χ0n) is 17.5. The lowest BCUT2D eigenvalue weighted by molar-refractivity contribution is -0.137. The highest BCUT2D eigenvalue weighted by Crippen LogP contribution is 2.31. The number of hydrogen-bond donors (Lipinski definition) is 1. The van der Waals surface area contributed by atoms with Gasteiger partial charge in [-0.05, 0) is 50.8 Å². The van der Waals surface area contributed by atoms with Crippen LogP contribution in [-0.2, 0) is 27.5 Å². The van der Waals surface area contributed by atoms with Crippen molar-refractivity contribution in [1.82, 2.24) is 14.1 Å². The second kappa shape index (κ2) is 8.62. The Labute approximate surface area is 179 Å². The fourth-order valence-corrected chi connectivity index (χ4v) is 5.51. The van der Waals surface area contributed by atoms with Gasteiger partial charge in [-0.15, -0.1) is 0 Å². The number of aryl methyl sites for hydroxylation is 1. The number of sulfonamides is 1. The maximum absolute atomic E-state index is 13.1. The molecule has 31 heavy (non-hydrogen) atoms. The number of alkyl halides is 3. The molecule has 0 unspecified atom stereocenters. The Bertz CT molecular complexity index is 1070. The topological polar surface area (TPSA) is 84.3 Å². The van der Waals surface area contributed by atoms with Gasteiger partial charge in [0, 0.05) is 18.8 Å². The van der Waals surface area contributed by atoms with Crippen LogP contribution in [0.2, 0.25) is 0 Å². The lowest BCUT2D eigenvalue weighted by Crippen LogP contribution is -2.38. The molecule has 11 heteroatoms. The summed E-state index contributed by atoms with van der Waals surface area (Å²) in [7, 11) is -3.75. The molecule has 170 valence electrons. The van der Waals surface area contributed by atoms with Gasteiger partial charge >= 0.3 is 6.18 Å². The molecule has 7 nitrogen and oxygen atoms in total. The van der Waals surface area contributed by atoms with Gasteiger partial charge in [-0.1, -0.05) is 13.0 Å². The normalized spacial score (nSPS) is 16.5. The molecule has 1 amide bonds. The van der Waals surface area contributed by atoms with Crippen LogP contribution in [0.1, 0.15) is 36.7 Å². The first-order chi connectivity index (χ1) is 14.4. The SMILES string of the molecule is Cc1nn(CC(=O)Nc2cccc(C(F)(F)F)c2)c(C)c1S(=O)(=O)N1CCC(C)CC1. The van der Waals surface area contributed by atoms with Crippen molar-refractivity contribution in [2.75, 3.05) is 18.4 Å². The lowest BCUT2D eigenvalue weighted by Gasteiger charge is -2.29. The standard InChI is InChI=1S/C20H25F3N4O3S/c1-13-7-9-26(10-8-13)31(29,30)19-14(2)25-27(15(19)3)12-18(28)24-17-6-4-5-16(11-17)20(21,22)23/h4-6,11,13H,7-10,12H2,1-3H3,(H,24,28). The number of benzene rings is 1. The lowest BCUT2D eigenvalue weighted by atomic mass is 10.0. The van der Waals surface area contributed by atoms with Crippen LogP contribution in [0.25, 0.3) is 0 Å². The van der Waals surface area contributed by atoms with Gasteiger partial charge < -0.3 is 5.32 Å². The molecule has 1 aromatic heterocycles. The largest absolute Gasteiger partial charge is 0.416 e. The Balaban J connectivity index is 1.77. The Morgan fingerprint density at radius 2 is 1.87 bits per heavy atom. The molecule has 1 N–H and O–H groups in total. The molecule has 2 heterocycles. The van der Waals surface area contributed by atoms with E-state index in [0.29, 0.717) is 24.7 Å². The van der Waals surface area contributed by atoms with Gasteiger partial charge in [0.2, 0.25) is 15.9 Å². The number of amides is 1. The number of piperidine rings is 1. The summed E-state index contributed by atoms with van der Waals surface area (Å²) >= 11 is 0. The van der Waals surface area contributed by atoms with Crippen molar-refractivity contribution in [3.63, 3.8) is 0 Å². The van der Waals surface area contributed by atoms with Crippen LogP contribution in [0.15, 0.2) is 29.2 Å². The number of rotatable bonds is 5.